The van der Waals surface area contributed by atoms with E-state index in [4.69, 9.17) is 27.9 Å². The molecule has 1 unspecified atom stereocenters. The Balaban J connectivity index is 2.58. The molecule has 0 saturated heterocycles. The molecule has 0 amide bonds. The molecule has 0 fully saturated rings. The molecule has 2 rings (SSSR count). The molecule has 0 aromatic heterocycles. The van der Waals surface area contributed by atoms with Gasteiger partial charge in [-0.1, -0.05) is 36.5 Å². The molecule has 1 aliphatic rings. The number of sulfonamides is 1. The number of nitrogens with zero attached hydrogens (tertiary/aromatic N) is 1. The summed E-state index contributed by atoms with van der Waals surface area (Å²) >= 11 is 12.5. The van der Waals surface area contributed by atoms with Crippen LogP contribution >= 0.6 is 23.2 Å². The maximum atomic E-state index is 12.7. The first kappa shape index (κ1) is 19.8. The van der Waals surface area contributed by atoms with Gasteiger partial charge in [0.2, 0.25) is 10.0 Å². The third kappa shape index (κ3) is 4.18. The molecule has 1 atom stereocenters. The summed E-state index contributed by atoms with van der Waals surface area (Å²) in [6, 6.07) is 3.08. The molecule has 0 aliphatic carbocycles. The molecule has 1 aromatic carbocycles. The first-order valence-electron chi connectivity index (χ1n) is 8.28. The van der Waals surface area contributed by atoms with E-state index in [-0.39, 0.29) is 11.8 Å². The molecule has 0 N–H and O–H groups in total. The van der Waals surface area contributed by atoms with Crippen molar-refractivity contribution in [2.75, 3.05) is 12.3 Å². The van der Waals surface area contributed by atoms with Crippen molar-refractivity contribution in [3.63, 3.8) is 0 Å². The van der Waals surface area contributed by atoms with Gasteiger partial charge in [0, 0.05) is 23.6 Å². The van der Waals surface area contributed by atoms with Gasteiger partial charge < -0.3 is 4.74 Å². The summed E-state index contributed by atoms with van der Waals surface area (Å²) < 4.78 is 33.1. The van der Waals surface area contributed by atoms with Gasteiger partial charge in [-0.05, 0) is 39.3 Å². The van der Waals surface area contributed by atoms with E-state index in [9.17, 15) is 8.42 Å². The zero-order valence-corrected chi connectivity index (χ0v) is 16.9. The number of rotatable bonds is 6. The van der Waals surface area contributed by atoms with Crippen molar-refractivity contribution in [3.05, 3.63) is 27.7 Å². The summed E-state index contributed by atoms with van der Waals surface area (Å²) in [5, 5.41) is 0.899. The second-order valence-electron chi connectivity index (χ2n) is 6.75. The van der Waals surface area contributed by atoms with Crippen molar-refractivity contribution >= 4 is 33.2 Å². The van der Waals surface area contributed by atoms with Crippen molar-refractivity contribution in [1.82, 2.24) is 4.31 Å². The van der Waals surface area contributed by atoms with Crippen LogP contribution in [0, 0.1) is 0 Å². The summed E-state index contributed by atoms with van der Waals surface area (Å²) in [6.07, 6.45) is 2.28. The van der Waals surface area contributed by atoms with Crippen molar-refractivity contribution in [2.24, 2.45) is 0 Å². The zero-order chi connectivity index (χ0) is 18.1. The average molecular weight is 394 g/mol. The van der Waals surface area contributed by atoms with Crippen LogP contribution in [0.5, 0.6) is 5.75 Å². The van der Waals surface area contributed by atoms with Crippen LogP contribution in [0.1, 0.15) is 58.6 Å². The number of hydrogen-bond acceptors (Lipinski definition) is 3. The van der Waals surface area contributed by atoms with Gasteiger partial charge >= 0.3 is 0 Å². The number of fused-ring (bicyclic) bond motifs is 1. The van der Waals surface area contributed by atoms with Crippen molar-refractivity contribution in [2.45, 2.75) is 58.6 Å². The highest BCUT2D eigenvalue weighted by Crippen LogP contribution is 2.47. The molecule has 0 saturated carbocycles. The number of halogens is 2. The minimum Gasteiger partial charge on any atom is -0.486 e. The van der Waals surface area contributed by atoms with Crippen molar-refractivity contribution < 1.29 is 13.2 Å². The molecular weight excluding hydrogens is 369 g/mol. The Morgan fingerprint density at radius 3 is 2.54 bits per heavy atom. The molecule has 0 bridgehead atoms. The van der Waals surface area contributed by atoms with E-state index in [1.54, 1.807) is 23.4 Å². The fraction of sp³-hybridized carbons (Fsp3) is 0.647. The lowest BCUT2D eigenvalue weighted by Gasteiger charge is -2.42. The SMILES string of the molecule is CCCCN(C1CC(C)(C)Oc2c(Cl)cc(Cl)cc21)S(=O)(=O)CC. The van der Waals surface area contributed by atoms with Crippen LogP contribution in [0.3, 0.4) is 0 Å². The molecule has 0 spiro atoms. The van der Waals surface area contributed by atoms with Gasteiger partial charge in [0.1, 0.15) is 11.4 Å². The highest BCUT2D eigenvalue weighted by atomic mass is 35.5. The highest BCUT2D eigenvalue weighted by Gasteiger charge is 2.41. The van der Waals surface area contributed by atoms with Gasteiger partial charge in [0.05, 0.1) is 16.8 Å². The fourth-order valence-corrected chi connectivity index (χ4v) is 4.92. The van der Waals surface area contributed by atoms with Crippen molar-refractivity contribution in [3.8, 4) is 5.75 Å². The van der Waals surface area contributed by atoms with Crippen LogP contribution in [0.25, 0.3) is 0 Å². The Morgan fingerprint density at radius 1 is 1.29 bits per heavy atom. The van der Waals surface area contributed by atoms with Gasteiger partial charge in [-0.15, -0.1) is 0 Å². The molecule has 1 aliphatic heterocycles. The Hall–Kier alpha value is -0.490. The second kappa shape index (κ2) is 7.40. The number of benzene rings is 1. The van der Waals surface area contributed by atoms with Crippen LogP contribution < -0.4 is 4.74 Å². The molecule has 136 valence electrons. The molecule has 0 radical (unpaired) electrons. The molecular formula is C17H25Cl2NO3S. The topological polar surface area (TPSA) is 46.6 Å². The summed E-state index contributed by atoms with van der Waals surface area (Å²) in [5.74, 6) is 0.605. The quantitative estimate of drug-likeness (QED) is 0.679. The number of ether oxygens (including phenoxy) is 1. The fourth-order valence-electron chi connectivity index (χ4n) is 3.05. The Kier molecular flexibility index (Phi) is 6.12. The summed E-state index contributed by atoms with van der Waals surface area (Å²) in [4.78, 5) is 0. The van der Waals surface area contributed by atoms with Crippen LogP contribution in [0.2, 0.25) is 10.0 Å². The minimum atomic E-state index is -3.36. The summed E-state index contributed by atoms with van der Waals surface area (Å²) in [6.45, 7) is 8.10. The lowest BCUT2D eigenvalue weighted by Crippen LogP contribution is -2.44. The molecule has 1 heterocycles. The Labute approximate surface area is 155 Å². The van der Waals surface area contributed by atoms with E-state index in [1.165, 1.54) is 0 Å². The smallest absolute Gasteiger partial charge is 0.214 e. The molecule has 24 heavy (non-hydrogen) atoms. The third-order valence-electron chi connectivity index (χ3n) is 4.26. The first-order chi connectivity index (χ1) is 11.1. The predicted molar refractivity (Wildman–Crippen MR) is 99.6 cm³/mol. The van der Waals surface area contributed by atoms with Crippen LogP contribution in [0.15, 0.2) is 12.1 Å². The summed E-state index contributed by atoms with van der Waals surface area (Å²) in [5.41, 5.74) is 0.239. The normalized spacial score (nSPS) is 19.9. The van der Waals surface area contributed by atoms with Gasteiger partial charge in [-0.3, -0.25) is 0 Å². The Morgan fingerprint density at radius 2 is 1.96 bits per heavy atom. The van der Waals surface area contributed by atoms with E-state index >= 15 is 0 Å². The van der Waals surface area contributed by atoms with E-state index in [0.717, 1.165) is 18.4 Å². The van der Waals surface area contributed by atoms with Gasteiger partial charge in [-0.2, -0.15) is 4.31 Å². The third-order valence-corrected chi connectivity index (χ3v) is 6.64. The van der Waals surface area contributed by atoms with E-state index in [0.29, 0.717) is 28.8 Å². The van der Waals surface area contributed by atoms with Gasteiger partial charge in [0.15, 0.2) is 0 Å². The molecule has 1 aromatic rings. The Bertz CT molecular complexity index is 704. The predicted octanol–water partition coefficient (Wildman–Crippen LogP) is 5.05. The standard InChI is InChI=1S/C17H25Cl2NO3S/c1-5-7-8-20(24(21,22)6-2)15-11-17(3,4)23-16-13(15)9-12(18)10-14(16)19/h9-10,15H,5-8,11H2,1-4H3. The largest absolute Gasteiger partial charge is 0.486 e. The van der Waals surface area contributed by atoms with Crippen LogP contribution in [-0.4, -0.2) is 30.6 Å². The maximum absolute atomic E-state index is 12.7. The van der Waals surface area contributed by atoms with E-state index in [1.807, 2.05) is 20.8 Å². The minimum absolute atomic E-state index is 0.0676. The monoisotopic (exact) mass is 393 g/mol. The van der Waals surface area contributed by atoms with Gasteiger partial charge in [-0.25, -0.2) is 8.42 Å². The lowest BCUT2D eigenvalue weighted by atomic mass is 9.89. The van der Waals surface area contributed by atoms with Crippen LogP contribution in [-0.2, 0) is 10.0 Å². The average Bonchev–Trinajstić information content (AvgIpc) is 2.48. The summed E-state index contributed by atoms with van der Waals surface area (Å²) in [7, 11) is -3.36. The van der Waals surface area contributed by atoms with E-state index in [2.05, 4.69) is 0 Å². The lowest BCUT2D eigenvalue weighted by molar-refractivity contribution is 0.0502. The maximum Gasteiger partial charge on any atom is 0.214 e. The van der Waals surface area contributed by atoms with Crippen LogP contribution in [0.4, 0.5) is 0 Å². The van der Waals surface area contributed by atoms with E-state index < -0.39 is 15.6 Å². The first-order valence-corrected chi connectivity index (χ1v) is 10.6. The number of hydrogen-bond donors (Lipinski definition) is 0. The second-order valence-corrected chi connectivity index (χ2v) is 9.81. The zero-order valence-electron chi connectivity index (χ0n) is 14.6. The molecule has 4 nitrogen and oxygen atoms in total. The van der Waals surface area contributed by atoms with Gasteiger partial charge in [0.25, 0.3) is 0 Å². The number of unbranched alkanes of at least 4 members (excludes halogenated alkanes) is 1. The molecule has 7 heteroatoms. The highest BCUT2D eigenvalue weighted by molar-refractivity contribution is 7.89. The van der Waals surface area contributed by atoms with Crippen molar-refractivity contribution in [1.29, 1.82) is 0 Å².